The van der Waals surface area contributed by atoms with Crippen LogP contribution in [0.4, 0.5) is 5.69 Å². The van der Waals surface area contributed by atoms with Crippen molar-refractivity contribution in [2.45, 2.75) is 32.9 Å². The summed E-state index contributed by atoms with van der Waals surface area (Å²) in [5.41, 5.74) is 2.10. The topological polar surface area (TPSA) is 81.9 Å². The van der Waals surface area contributed by atoms with E-state index >= 15 is 0 Å². The SMILES string of the molecule is COc1cc(/C=c2\sc3n(c2=O)[C@@H](c2cccs2)C(C(=O)Nc2ccccc2)=C(C)N=3)cc(Cl)c1OC(C)C. The van der Waals surface area contributed by atoms with Crippen molar-refractivity contribution < 1.29 is 14.3 Å². The van der Waals surface area contributed by atoms with Gasteiger partial charge in [0.1, 0.15) is 6.04 Å². The minimum atomic E-state index is -0.605. The van der Waals surface area contributed by atoms with Gasteiger partial charge in [-0.1, -0.05) is 47.2 Å². The van der Waals surface area contributed by atoms with Crippen molar-refractivity contribution in [2.24, 2.45) is 4.99 Å². The summed E-state index contributed by atoms with van der Waals surface area (Å²) in [6.45, 7) is 5.62. The number of anilines is 1. The number of allylic oxidation sites excluding steroid dienone is 1. The lowest BCUT2D eigenvalue weighted by Crippen LogP contribution is -2.40. The van der Waals surface area contributed by atoms with Crippen molar-refractivity contribution in [3.05, 3.63) is 106 Å². The Balaban J connectivity index is 1.62. The molecule has 1 aliphatic heterocycles. The van der Waals surface area contributed by atoms with E-state index in [0.29, 0.717) is 48.4 Å². The standard InChI is InChI=1S/C29H26ClN3O4S2/c1-16(2)37-26-20(30)13-18(14-21(26)36-4)15-23-28(35)33-25(22-11-8-12-38-22)24(17(3)31-29(33)39-23)27(34)32-19-9-6-5-7-10-19/h5-16,25H,1-4H3,(H,32,34)/b23-15-/t25-/m0/s1. The van der Waals surface area contributed by atoms with E-state index in [-0.39, 0.29) is 17.6 Å². The first-order chi connectivity index (χ1) is 18.8. The third-order valence-corrected chi connectivity index (χ3v) is 8.20. The molecular weight excluding hydrogens is 554 g/mol. The molecule has 2 aromatic carbocycles. The molecule has 5 rings (SSSR count). The summed E-state index contributed by atoms with van der Waals surface area (Å²) in [4.78, 5) is 33.5. The van der Waals surface area contributed by atoms with Crippen molar-refractivity contribution in [1.82, 2.24) is 4.57 Å². The minimum absolute atomic E-state index is 0.0836. The molecule has 200 valence electrons. The highest BCUT2D eigenvalue weighted by Crippen LogP contribution is 2.37. The summed E-state index contributed by atoms with van der Waals surface area (Å²) >= 11 is 9.28. The summed E-state index contributed by atoms with van der Waals surface area (Å²) < 4.78 is 13.4. The largest absolute Gasteiger partial charge is 0.493 e. The van der Waals surface area contributed by atoms with E-state index in [0.717, 1.165) is 4.88 Å². The maximum Gasteiger partial charge on any atom is 0.271 e. The van der Waals surface area contributed by atoms with Crippen LogP contribution in [0.3, 0.4) is 0 Å². The Kier molecular flexibility index (Phi) is 7.74. The third-order valence-electron chi connectivity index (χ3n) is 6.01. The lowest BCUT2D eigenvalue weighted by atomic mass is 10.0. The number of methoxy groups -OCH3 is 1. The molecular formula is C29H26ClN3O4S2. The van der Waals surface area contributed by atoms with Crippen molar-refractivity contribution in [1.29, 1.82) is 0 Å². The Morgan fingerprint density at radius 3 is 2.62 bits per heavy atom. The van der Waals surface area contributed by atoms with Gasteiger partial charge >= 0.3 is 0 Å². The van der Waals surface area contributed by atoms with Crippen LogP contribution in [-0.2, 0) is 4.79 Å². The maximum absolute atomic E-state index is 13.9. The molecule has 1 amide bonds. The van der Waals surface area contributed by atoms with Crippen molar-refractivity contribution in [2.75, 3.05) is 12.4 Å². The van der Waals surface area contributed by atoms with Gasteiger partial charge in [0.15, 0.2) is 16.3 Å². The number of amides is 1. The van der Waals surface area contributed by atoms with Gasteiger partial charge in [-0.15, -0.1) is 11.3 Å². The number of nitrogens with one attached hydrogen (secondary N) is 1. The zero-order chi connectivity index (χ0) is 27.7. The lowest BCUT2D eigenvalue weighted by molar-refractivity contribution is -0.113. The average Bonchev–Trinajstić information content (AvgIpc) is 3.53. The van der Waals surface area contributed by atoms with Crippen LogP contribution in [0.2, 0.25) is 5.02 Å². The number of nitrogens with zero attached hydrogens (tertiary/aromatic N) is 2. The molecule has 0 spiro atoms. The maximum atomic E-state index is 13.9. The number of thiazole rings is 1. The second-order valence-corrected chi connectivity index (χ2v) is 11.5. The molecule has 2 aromatic heterocycles. The summed E-state index contributed by atoms with van der Waals surface area (Å²) in [6, 6.07) is 16.0. The molecule has 0 radical (unpaired) electrons. The van der Waals surface area contributed by atoms with Gasteiger partial charge in [-0.25, -0.2) is 4.99 Å². The fourth-order valence-corrected chi connectivity index (χ4v) is 6.51. The predicted molar refractivity (Wildman–Crippen MR) is 157 cm³/mol. The summed E-state index contributed by atoms with van der Waals surface area (Å²) in [7, 11) is 1.54. The summed E-state index contributed by atoms with van der Waals surface area (Å²) in [6.07, 6.45) is 1.67. The van der Waals surface area contributed by atoms with Crippen molar-refractivity contribution in [3.63, 3.8) is 0 Å². The fraction of sp³-hybridized carbons (Fsp3) is 0.207. The highest BCUT2D eigenvalue weighted by molar-refractivity contribution is 7.10. The molecule has 0 aliphatic carbocycles. The number of benzene rings is 2. The molecule has 0 fully saturated rings. The summed E-state index contributed by atoms with van der Waals surface area (Å²) in [5.74, 6) is 0.630. The highest BCUT2D eigenvalue weighted by atomic mass is 35.5. The Morgan fingerprint density at radius 2 is 1.95 bits per heavy atom. The molecule has 0 saturated carbocycles. The monoisotopic (exact) mass is 579 g/mol. The number of hydrogen-bond acceptors (Lipinski definition) is 7. The van der Waals surface area contributed by atoms with E-state index in [4.69, 9.17) is 21.1 Å². The number of aromatic nitrogens is 1. The third kappa shape index (κ3) is 5.43. The van der Waals surface area contributed by atoms with Gasteiger partial charge in [0, 0.05) is 10.6 Å². The van der Waals surface area contributed by atoms with E-state index in [1.807, 2.05) is 61.7 Å². The molecule has 0 unspecified atom stereocenters. The number of fused-ring (bicyclic) bond motifs is 1. The average molecular weight is 580 g/mol. The smallest absolute Gasteiger partial charge is 0.271 e. The predicted octanol–water partition coefficient (Wildman–Crippen LogP) is 5.38. The molecule has 1 aliphatic rings. The van der Waals surface area contributed by atoms with Crippen LogP contribution in [-0.4, -0.2) is 23.7 Å². The Hall–Kier alpha value is -3.66. The van der Waals surface area contributed by atoms with Crippen LogP contribution < -0.4 is 29.7 Å². The van der Waals surface area contributed by atoms with Gasteiger partial charge in [0.05, 0.1) is 34.0 Å². The van der Waals surface area contributed by atoms with Crippen LogP contribution in [0.15, 0.2) is 81.0 Å². The van der Waals surface area contributed by atoms with Crippen LogP contribution in [0.1, 0.15) is 37.3 Å². The Morgan fingerprint density at radius 1 is 1.18 bits per heavy atom. The molecule has 1 atom stereocenters. The molecule has 1 N–H and O–H groups in total. The number of thiophene rings is 1. The zero-order valence-electron chi connectivity index (χ0n) is 21.7. The van der Waals surface area contributed by atoms with Gasteiger partial charge in [-0.3, -0.25) is 14.2 Å². The van der Waals surface area contributed by atoms with Gasteiger partial charge in [0.25, 0.3) is 11.5 Å². The number of rotatable bonds is 7. The zero-order valence-corrected chi connectivity index (χ0v) is 24.1. The molecule has 4 aromatic rings. The second-order valence-electron chi connectivity index (χ2n) is 9.12. The van der Waals surface area contributed by atoms with Gasteiger partial charge in [0.2, 0.25) is 0 Å². The van der Waals surface area contributed by atoms with E-state index < -0.39 is 6.04 Å². The number of carbonyl (C=O) groups excluding carboxylic acids is 1. The van der Waals surface area contributed by atoms with E-state index in [1.54, 1.807) is 36.8 Å². The first-order valence-corrected chi connectivity index (χ1v) is 14.3. The van der Waals surface area contributed by atoms with Gasteiger partial charge < -0.3 is 14.8 Å². The quantitative estimate of drug-likeness (QED) is 0.318. The number of para-hydroxylation sites is 1. The van der Waals surface area contributed by atoms with Crippen LogP contribution in [0.25, 0.3) is 6.08 Å². The Labute approximate surface area is 238 Å². The van der Waals surface area contributed by atoms with E-state index in [2.05, 4.69) is 10.3 Å². The molecule has 3 heterocycles. The van der Waals surface area contributed by atoms with Crippen LogP contribution in [0.5, 0.6) is 11.5 Å². The van der Waals surface area contributed by atoms with Gasteiger partial charge in [-0.05, 0) is 68.1 Å². The molecule has 7 nitrogen and oxygen atoms in total. The molecule has 0 saturated heterocycles. The number of carbonyl (C=O) groups is 1. The van der Waals surface area contributed by atoms with Gasteiger partial charge in [-0.2, -0.15) is 0 Å². The second kappa shape index (κ2) is 11.2. The van der Waals surface area contributed by atoms with Crippen molar-refractivity contribution in [3.8, 4) is 11.5 Å². The number of hydrogen-bond donors (Lipinski definition) is 1. The first kappa shape index (κ1) is 26.9. The van der Waals surface area contributed by atoms with Crippen molar-refractivity contribution >= 4 is 51.9 Å². The van der Waals surface area contributed by atoms with Crippen LogP contribution >= 0.6 is 34.3 Å². The molecule has 39 heavy (non-hydrogen) atoms. The normalized spacial score (nSPS) is 15.2. The van der Waals surface area contributed by atoms with E-state index in [1.165, 1.54) is 22.7 Å². The number of ether oxygens (including phenoxy) is 2. The first-order valence-electron chi connectivity index (χ1n) is 12.2. The Bertz CT molecular complexity index is 1740. The fourth-order valence-electron chi connectivity index (χ4n) is 4.37. The summed E-state index contributed by atoms with van der Waals surface area (Å²) in [5, 5.41) is 5.27. The van der Waals surface area contributed by atoms with E-state index in [9.17, 15) is 9.59 Å². The molecule has 0 bridgehead atoms. The lowest BCUT2D eigenvalue weighted by Gasteiger charge is -2.24. The number of halogens is 1. The molecule has 10 heteroatoms. The minimum Gasteiger partial charge on any atom is -0.493 e. The highest BCUT2D eigenvalue weighted by Gasteiger charge is 2.33. The van der Waals surface area contributed by atoms with Crippen LogP contribution in [0, 0.1) is 0 Å².